The standard InChI is InChI=1S/C29H19Cl4N2/c1-34-22-11-3-7-18(30)26(22)16(27-19(31)8-4-12-23(27)34)15-17-28-20(32)9-5-13-24(28)35(2)25-14-6-10-21(33)29(17)25/h3-15H,1-2H3/q+1. The third-order valence-corrected chi connectivity index (χ3v) is 8.04. The van der Waals surface area contributed by atoms with E-state index in [9.17, 15) is 0 Å². The lowest BCUT2D eigenvalue weighted by Gasteiger charge is -2.33. The van der Waals surface area contributed by atoms with E-state index < -0.39 is 0 Å². The van der Waals surface area contributed by atoms with Crippen molar-refractivity contribution < 1.29 is 4.57 Å². The third-order valence-electron chi connectivity index (χ3n) is 6.78. The third kappa shape index (κ3) is 3.36. The molecule has 1 aliphatic heterocycles. The highest BCUT2D eigenvalue weighted by atomic mass is 35.5. The van der Waals surface area contributed by atoms with Crippen LogP contribution in [-0.2, 0) is 7.05 Å². The number of fused-ring (bicyclic) bond motifs is 4. The molecule has 0 atom stereocenters. The molecule has 0 N–H and O–H groups in total. The van der Waals surface area contributed by atoms with Crippen LogP contribution in [0.3, 0.4) is 0 Å². The number of benzene rings is 4. The lowest BCUT2D eigenvalue weighted by Crippen LogP contribution is -2.30. The van der Waals surface area contributed by atoms with E-state index in [0.29, 0.717) is 20.1 Å². The zero-order valence-electron chi connectivity index (χ0n) is 18.9. The first-order valence-corrected chi connectivity index (χ1v) is 12.6. The monoisotopic (exact) mass is 535 g/mol. The first-order chi connectivity index (χ1) is 16.9. The Labute approximate surface area is 223 Å². The van der Waals surface area contributed by atoms with Crippen LogP contribution < -0.4 is 9.47 Å². The summed E-state index contributed by atoms with van der Waals surface area (Å²) in [6.45, 7) is 0. The molecule has 4 aromatic carbocycles. The molecule has 5 aromatic rings. The van der Waals surface area contributed by atoms with Gasteiger partial charge in [-0.2, -0.15) is 4.57 Å². The number of anilines is 2. The summed E-state index contributed by atoms with van der Waals surface area (Å²) < 4.78 is 2.13. The quantitative estimate of drug-likeness (QED) is 0.153. The van der Waals surface area contributed by atoms with Crippen LogP contribution in [0.25, 0.3) is 33.5 Å². The Kier molecular flexibility index (Phi) is 5.47. The van der Waals surface area contributed by atoms with E-state index >= 15 is 0 Å². The smallest absolute Gasteiger partial charge is 0.214 e. The molecule has 35 heavy (non-hydrogen) atoms. The van der Waals surface area contributed by atoms with E-state index in [-0.39, 0.29) is 0 Å². The fourth-order valence-electron chi connectivity index (χ4n) is 5.18. The van der Waals surface area contributed by atoms with Gasteiger partial charge in [0.25, 0.3) is 0 Å². The normalized spacial score (nSPS) is 12.7. The van der Waals surface area contributed by atoms with Crippen LogP contribution in [0.15, 0.2) is 72.8 Å². The molecule has 2 nitrogen and oxygen atoms in total. The number of hydrogen-bond acceptors (Lipinski definition) is 1. The van der Waals surface area contributed by atoms with Gasteiger partial charge in [-0.3, -0.25) is 0 Å². The number of aryl methyl sites for hydroxylation is 1. The minimum atomic E-state index is 0.651. The van der Waals surface area contributed by atoms with Crippen LogP contribution in [0.4, 0.5) is 11.4 Å². The average molecular weight is 537 g/mol. The molecule has 2 heterocycles. The predicted molar refractivity (Wildman–Crippen MR) is 151 cm³/mol. The van der Waals surface area contributed by atoms with Crippen molar-refractivity contribution in [2.45, 2.75) is 0 Å². The molecular weight excluding hydrogens is 518 g/mol. The van der Waals surface area contributed by atoms with Crippen molar-refractivity contribution in [3.05, 3.63) is 110 Å². The number of pyridine rings is 1. The molecule has 0 aliphatic carbocycles. The van der Waals surface area contributed by atoms with Crippen LogP contribution in [0.2, 0.25) is 20.1 Å². The van der Waals surface area contributed by atoms with Gasteiger partial charge in [0.15, 0.2) is 0 Å². The van der Waals surface area contributed by atoms with Gasteiger partial charge in [-0.15, -0.1) is 0 Å². The van der Waals surface area contributed by atoms with Crippen molar-refractivity contribution >= 4 is 91.2 Å². The molecule has 172 valence electrons. The van der Waals surface area contributed by atoms with Crippen LogP contribution in [0.5, 0.6) is 0 Å². The second-order valence-electron chi connectivity index (χ2n) is 8.63. The summed E-state index contributed by atoms with van der Waals surface area (Å²) in [7, 11) is 4.06. The molecule has 0 saturated carbocycles. The highest BCUT2D eigenvalue weighted by Gasteiger charge is 2.29. The van der Waals surface area contributed by atoms with E-state index in [2.05, 4.69) is 39.8 Å². The maximum Gasteiger partial charge on any atom is 0.214 e. The molecule has 1 aliphatic rings. The van der Waals surface area contributed by atoms with Gasteiger partial charge in [-0.25, -0.2) is 0 Å². The molecule has 0 spiro atoms. The Morgan fingerprint density at radius 2 is 1.06 bits per heavy atom. The maximum absolute atomic E-state index is 6.84. The lowest BCUT2D eigenvalue weighted by atomic mass is 9.87. The van der Waals surface area contributed by atoms with Crippen molar-refractivity contribution in [1.82, 2.24) is 0 Å². The number of rotatable bonds is 1. The number of nitrogens with zero attached hydrogens (tertiary/aromatic N) is 2. The minimum Gasteiger partial charge on any atom is -0.344 e. The summed E-state index contributed by atoms with van der Waals surface area (Å²) in [5.41, 5.74) is 7.73. The number of halogens is 4. The molecule has 0 saturated heterocycles. The Bertz CT molecular complexity index is 1600. The number of hydrogen-bond donors (Lipinski definition) is 0. The van der Waals surface area contributed by atoms with Gasteiger partial charge in [-0.1, -0.05) is 70.7 Å². The van der Waals surface area contributed by atoms with Crippen LogP contribution in [0, 0.1) is 0 Å². The van der Waals surface area contributed by atoms with Crippen LogP contribution in [0.1, 0.15) is 16.7 Å². The Morgan fingerprint density at radius 3 is 1.54 bits per heavy atom. The van der Waals surface area contributed by atoms with E-state index in [0.717, 1.165) is 55.4 Å². The molecular formula is C29H19Cl4N2+. The summed E-state index contributed by atoms with van der Waals surface area (Å²) in [4.78, 5) is 2.13. The van der Waals surface area contributed by atoms with E-state index in [4.69, 9.17) is 46.4 Å². The maximum atomic E-state index is 6.84. The first kappa shape index (κ1) is 22.7. The minimum absolute atomic E-state index is 0.651. The van der Waals surface area contributed by atoms with E-state index in [1.807, 2.05) is 62.6 Å². The molecule has 0 amide bonds. The molecule has 6 rings (SSSR count). The van der Waals surface area contributed by atoms with Gasteiger partial charge >= 0.3 is 0 Å². The van der Waals surface area contributed by atoms with Crippen LogP contribution >= 0.6 is 46.4 Å². The summed E-state index contributed by atoms with van der Waals surface area (Å²) in [5, 5.41) is 4.45. The van der Waals surface area contributed by atoms with Gasteiger partial charge in [0.2, 0.25) is 11.0 Å². The van der Waals surface area contributed by atoms with Gasteiger partial charge in [0, 0.05) is 35.9 Å². The average Bonchev–Trinajstić information content (AvgIpc) is 2.84. The van der Waals surface area contributed by atoms with Crippen molar-refractivity contribution in [1.29, 1.82) is 0 Å². The van der Waals surface area contributed by atoms with Gasteiger partial charge in [0.05, 0.1) is 42.2 Å². The molecule has 6 heteroatoms. The number of aromatic nitrogens is 1. The zero-order chi connectivity index (χ0) is 24.4. The highest BCUT2D eigenvalue weighted by Crippen LogP contribution is 2.50. The van der Waals surface area contributed by atoms with Gasteiger partial charge in [-0.05, 0) is 48.0 Å². The molecule has 0 radical (unpaired) electrons. The molecule has 0 fully saturated rings. The fourth-order valence-corrected chi connectivity index (χ4v) is 6.26. The molecule has 0 unspecified atom stereocenters. The summed E-state index contributed by atoms with van der Waals surface area (Å²) >= 11 is 27.4. The molecule has 1 aromatic heterocycles. The lowest BCUT2D eigenvalue weighted by molar-refractivity contribution is -0.617. The SMILES string of the molecule is CN1c2cccc(Cl)c2C(=Cc2c3c(Cl)cccc3[n+](C)c3cccc(Cl)c23)c2c(Cl)cccc21. The molecule has 0 bridgehead atoms. The highest BCUT2D eigenvalue weighted by molar-refractivity contribution is 6.40. The largest absolute Gasteiger partial charge is 0.344 e. The van der Waals surface area contributed by atoms with Crippen molar-refractivity contribution in [2.24, 2.45) is 7.05 Å². The zero-order valence-corrected chi connectivity index (χ0v) is 21.9. The van der Waals surface area contributed by atoms with Crippen molar-refractivity contribution in [3.63, 3.8) is 0 Å². The van der Waals surface area contributed by atoms with Gasteiger partial charge in [0.1, 0.15) is 7.05 Å². The second kappa shape index (κ2) is 8.43. The second-order valence-corrected chi connectivity index (χ2v) is 10.3. The van der Waals surface area contributed by atoms with E-state index in [1.54, 1.807) is 0 Å². The van der Waals surface area contributed by atoms with Gasteiger partial charge < -0.3 is 4.90 Å². The van der Waals surface area contributed by atoms with Crippen molar-refractivity contribution in [3.8, 4) is 0 Å². The Morgan fingerprint density at radius 1 is 0.629 bits per heavy atom. The first-order valence-electron chi connectivity index (χ1n) is 11.1. The Balaban J connectivity index is 1.85. The fraction of sp³-hybridized carbons (Fsp3) is 0.0690. The van der Waals surface area contributed by atoms with Crippen molar-refractivity contribution in [2.75, 3.05) is 11.9 Å². The predicted octanol–water partition coefficient (Wildman–Crippen LogP) is 9.10. The Hall–Kier alpha value is -2.75. The van der Waals surface area contributed by atoms with Crippen LogP contribution in [-0.4, -0.2) is 7.05 Å². The summed E-state index contributed by atoms with van der Waals surface area (Å²) in [6.07, 6.45) is 2.14. The summed E-state index contributed by atoms with van der Waals surface area (Å²) in [6, 6.07) is 23.8. The van der Waals surface area contributed by atoms with E-state index in [1.165, 1.54) is 0 Å². The topological polar surface area (TPSA) is 7.12 Å². The summed E-state index contributed by atoms with van der Waals surface area (Å²) in [5.74, 6) is 0.